The molecule has 1 aliphatic carbocycles. The Labute approximate surface area is 145 Å². The molecule has 7 nitrogen and oxygen atoms in total. The van der Waals surface area contributed by atoms with Crippen LogP contribution >= 0.6 is 0 Å². The van der Waals surface area contributed by atoms with E-state index in [0.717, 1.165) is 37.6 Å². The zero-order chi connectivity index (χ0) is 17.8. The molecule has 1 unspecified atom stereocenters. The van der Waals surface area contributed by atoms with E-state index in [1.807, 2.05) is 13.0 Å². The normalized spacial score (nSPS) is 16.1. The molecule has 0 radical (unpaired) electrons. The van der Waals surface area contributed by atoms with Crippen molar-refractivity contribution in [1.29, 1.82) is 0 Å². The van der Waals surface area contributed by atoms with Gasteiger partial charge in [-0.25, -0.2) is 14.8 Å². The van der Waals surface area contributed by atoms with Gasteiger partial charge in [0.15, 0.2) is 5.69 Å². The summed E-state index contributed by atoms with van der Waals surface area (Å²) in [4.78, 5) is 38.0. The Bertz CT molecular complexity index is 776. The molecule has 7 heteroatoms. The third kappa shape index (κ3) is 3.50. The minimum Gasteiger partial charge on any atom is -0.476 e. The molecule has 0 saturated carbocycles. The van der Waals surface area contributed by atoms with Gasteiger partial charge in [0, 0.05) is 12.7 Å². The lowest BCUT2D eigenvalue weighted by molar-refractivity contribution is 0.0639. The molecular weight excluding hydrogens is 320 g/mol. The summed E-state index contributed by atoms with van der Waals surface area (Å²) in [6, 6.07) is 3.90. The molecule has 0 aliphatic heterocycles. The lowest BCUT2D eigenvalue weighted by Crippen LogP contribution is -2.38. The van der Waals surface area contributed by atoms with Crippen LogP contribution in [0.4, 0.5) is 0 Å². The fourth-order valence-corrected chi connectivity index (χ4v) is 3.22. The number of aromatic nitrogens is 3. The zero-order valence-electron chi connectivity index (χ0n) is 14.1. The quantitative estimate of drug-likeness (QED) is 0.898. The number of pyridine rings is 1. The highest BCUT2D eigenvalue weighted by Crippen LogP contribution is 2.33. The van der Waals surface area contributed by atoms with Gasteiger partial charge in [-0.05, 0) is 37.3 Å². The molecule has 0 spiro atoms. The molecule has 0 bridgehead atoms. The van der Waals surface area contributed by atoms with E-state index in [9.17, 15) is 9.59 Å². The summed E-state index contributed by atoms with van der Waals surface area (Å²) >= 11 is 0. The number of aryl methyl sites for hydroxylation is 1. The van der Waals surface area contributed by atoms with Crippen LogP contribution in [-0.4, -0.2) is 43.4 Å². The average Bonchev–Trinajstić information content (AvgIpc) is 2.65. The lowest BCUT2D eigenvalue weighted by atomic mass is 9.90. The largest absolute Gasteiger partial charge is 0.476 e. The maximum Gasteiger partial charge on any atom is 0.356 e. The summed E-state index contributed by atoms with van der Waals surface area (Å²) < 4.78 is 0. The molecule has 2 heterocycles. The lowest BCUT2D eigenvalue weighted by Gasteiger charge is -2.34. The monoisotopic (exact) mass is 340 g/mol. The molecular formula is C18H20N4O3. The molecule has 130 valence electrons. The number of hydrogen-bond donors (Lipinski definition) is 1. The van der Waals surface area contributed by atoms with Gasteiger partial charge in [-0.3, -0.25) is 9.78 Å². The molecule has 1 amide bonds. The van der Waals surface area contributed by atoms with E-state index < -0.39 is 5.97 Å². The highest BCUT2D eigenvalue weighted by molar-refractivity contribution is 5.93. The number of carbonyl (C=O) groups is 2. The molecule has 25 heavy (non-hydrogen) atoms. The minimum absolute atomic E-state index is 0.0849. The average molecular weight is 340 g/mol. The SMILES string of the molecule is CCCN(C(=O)c1cnc(C(=O)O)cn1)C1CCCc2cccnc21. The Morgan fingerprint density at radius 2 is 2.00 bits per heavy atom. The van der Waals surface area contributed by atoms with Crippen LogP contribution < -0.4 is 0 Å². The summed E-state index contributed by atoms with van der Waals surface area (Å²) in [6.45, 7) is 2.60. The molecule has 0 saturated heterocycles. The van der Waals surface area contributed by atoms with Crippen LogP contribution in [0.5, 0.6) is 0 Å². The smallest absolute Gasteiger partial charge is 0.356 e. The van der Waals surface area contributed by atoms with Crippen molar-refractivity contribution in [2.75, 3.05) is 6.54 Å². The summed E-state index contributed by atoms with van der Waals surface area (Å²) in [5, 5.41) is 8.91. The van der Waals surface area contributed by atoms with Crippen molar-refractivity contribution < 1.29 is 14.7 Å². The van der Waals surface area contributed by atoms with Gasteiger partial charge in [-0.15, -0.1) is 0 Å². The van der Waals surface area contributed by atoms with Crippen molar-refractivity contribution in [3.63, 3.8) is 0 Å². The highest BCUT2D eigenvalue weighted by Gasteiger charge is 2.31. The molecule has 1 aliphatic rings. The van der Waals surface area contributed by atoms with Gasteiger partial charge in [-0.2, -0.15) is 0 Å². The van der Waals surface area contributed by atoms with Crippen molar-refractivity contribution in [1.82, 2.24) is 19.9 Å². The zero-order valence-corrected chi connectivity index (χ0v) is 14.1. The molecule has 3 rings (SSSR count). The van der Waals surface area contributed by atoms with Gasteiger partial charge in [0.05, 0.1) is 24.1 Å². The molecule has 2 aromatic heterocycles. The number of carboxylic acids is 1. The summed E-state index contributed by atoms with van der Waals surface area (Å²) in [7, 11) is 0. The standard InChI is InChI=1S/C18H20N4O3/c1-2-9-22(15-7-3-5-12-6-4-8-19-16(12)15)17(23)13-10-21-14(11-20-13)18(24)25/h4,6,8,10-11,15H,2-3,5,7,9H2,1H3,(H,24,25). The Balaban J connectivity index is 1.91. The summed E-state index contributed by atoms with van der Waals surface area (Å²) in [5.74, 6) is -1.41. The number of nitrogens with zero attached hydrogens (tertiary/aromatic N) is 4. The Hall–Kier alpha value is -2.83. The predicted molar refractivity (Wildman–Crippen MR) is 90.2 cm³/mol. The Morgan fingerprint density at radius 3 is 2.68 bits per heavy atom. The van der Waals surface area contributed by atoms with Gasteiger partial charge in [0.1, 0.15) is 5.69 Å². The number of amides is 1. The van der Waals surface area contributed by atoms with E-state index in [0.29, 0.717) is 6.54 Å². The van der Waals surface area contributed by atoms with E-state index in [1.54, 1.807) is 11.1 Å². The van der Waals surface area contributed by atoms with Crippen molar-refractivity contribution in [2.24, 2.45) is 0 Å². The second kappa shape index (κ2) is 7.38. The Morgan fingerprint density at radius 1 is 1.24 bits per heavy atom. The van der Waals surface area contributed by atoms with Gasteiger partial charge < -0.3 is 10.0 Å². The van der Waals surface area contributed by atoms with Crippen LogP contribution in [0.25, 0.3) is 0 Å². The number of rotatable bonds is 5. The van der Waals surface area contributed by atoms with Crippen LogP contribution in [0.2, 0.25) is 0 Å². The van der Waals surface area contributed by atoms with Crippen LogP contribution in [-0.2, 0) is 6.42 Å². The van der Waals surface area contributed by atoms with Crippen LogP contribution in [0.3, 0.4) is 0 Å². The van der Waals surface area contributed by atoms with E-state index in [1.165, 1.54) is 11.8 Å². The number of carboxylic acid groups (broad SMARTS) is 1. The number of fused-ring (bicyclic) bond motifs is 1. The van der Waals surface area contributed by atoms with Crippen LogP contribution in [0.1, 0.15) is 64.5 Å². The summed E-state index contributed by atoms with van der Waals surface area (Å²) in [5.41, 5.74) is 2.11. The second-order valence-electron chi connectivity index (χ2n) is 6.05. The van der Waals surface area contributed by atoms with Gasteiger partial charge in [0.25, 0.3) is 5.91 Å². The number of hydrogen-bond acceptors (Lipinski definition) is 5. The van der Waals surface area contributed by atoms with Crippen molar-refractivity contribution in [3.05, 3.63) is 53.4 Å². The predicted octanol–water partition coefficient (Wildman–Crippen LogP) is 2.50. The number of carbonyl (C=O) groups excluding carboxylic acids is 1. The molecule has 1 atom stereocenters. The van der Waals surface area contributed by atoms with E-state index in [2.05, 4.69) is 21.0 Å². The van der Waals surface area contributed by atoms with Gasteiger partial charge in [-0.1, -0.05) is 13.0 Å². The first-order chi connectivity index (χ1) is 12.1. The first-order valence-electron chi connectivity index (χ1n) is 8.42. The topological polar surface area (TPSA) is 96.3 Å². The minimum atomic E-state index is -1.16. The van der Waals surface area contributed by atoms with Crippen molar-refractivity contribution >= 4 is 11.9 Å². The van der Waals surface area contributed by atoms with Crippen molar-refractivity contribution in [2.45, 2.75) is 38.6 Å². The van der Waals surface area contributed by atoms with E-state index >= 15 is 0 Å². The molecule has 2 aromatic rings. The first kappa shape index (κ1) is 17.0. The van der Waals surface area contributed by atoms with Gasteiger partial charge in [0.2, 0.25) is 0 Å². The maximum absolute atomic E-state index is 13.0. The van der Waals surface area contributed by atoms with E-state index in [4.69, 9.17) is 5.11 Å². The molecule has 0 fully saturated rings. The van der Waals surface area contributed by atoms with Crippen molar-refractivity contribution in [3.8, 4) is 0 Å². The highest BCUT2D eigenvalue weighted by atomic mass is 16.4. The Kier molecular flexibility index (Phi) is 5.02. The van der Waals surface area contributed by atoms with Crippen LogP contribution in [0.15, 0.2) is 30.7 Å². The van der Waals surface area contributed by atoms with Gasteiger partial charge >= 0.3 is 5.97 Å². The van der Waals surface area contributed by atoms with Crippen LogP contribution in [0, 0.1) is 0 Å². The summed E-state index contributed by atoms with van der Waals surface area (Å²) in [6.07, 6.45) is 7.75. The molecule has 1 N–H and O–H groups in total. The third-order valence-corrected chi connectivity index (χ3v) is 4.36. The number of aromatic carboxylic acids is 1. The second-order valence-corrected chi connectivity index (χ2v) is 6.05. The fourth-order valence-electron chi connectivity index (χ4n) is 3.22. The third-order valence-electron chi connectivity index (χ3n) is 4.36. The first-order valence-corrected chi connectivity index (χ1v) is 8.42. The van der Waals surface area contributed by atoms with E-state index in [-0.39, 0.29) is 23.3 Å². The molecule has 0 aromatic carbocycles. The fraction of sp³-hybridized carbons (Fsp3) is 0.389. The maximum atomic E-state index is 13.0.